The van der Waals surface area contributed by atoms with Crippen LogP contribution in [0, 0.1) is 13.0 Å². The molecule has 0 heterocycles. The highest BCUT2D eigenvalue weighted by Crippen LogP contribution is 2.18. The van der Waals surface area contributed by atoms with E-state index in [2.05, 4.69) is 6.07 Å². The summed E-state index contributed by atoms with van der Waals surface area (Å²) in [5.74, 6) is 0.309. The molecule has 0 saturated heterocycles. The first kappa shape index (κ1) is 11.7. The first-order valence-corrected chi connectivity index (χ1v) is 6.46. The molecule has 0 aliphatic rings. The van der Waals surface area contributed by atoms with Gasteiger partial charge in [-0.1, -0.05) is 29.8 Å². The van der Waals surface area contributed by atoms with Gasteiger partial charge in [0.1, 0.15) is 10.6 Å². The molecular weight excluding hydrogens is 236 g/mol. The lowest BCUT2D eigenvalue weighted by atomic mass is 10.2. The van der Waals surface area contributed by atoms with Crippen molar-refractivity contribution in [2.24, 2.45) is 0 Å². The molecule has 0 spiro atoms. The van der Waals surface area contributed by atoms with Crippen molar-refractivity contribution < 1.29 is 12.6 Å². The van der Waals surface area contributed by atoms with Crippen LogP contribution in [0.3, 0.4) is 0 Å². The van der Waals surface area contributed by atoms with E-state index in [1.165, 1.54) is 24.3 Å². The summed E-state index contributed by atoms with van der Waals surface area (Å²) in [6.45, 7) is 1.92. The van der Waals surface area contributed by atoms with Crippen molar-refractivity contribution in [3.05, 3.63) is 60.2 Å². The summed E-state index contributed by atoms with van der Waals surface area (Å²) in [5, 5.41) is 0. The van der Waals surface area contributed by atoms with E-state index in [0.29, 0.717) is 5.75 Å². The molecule has 0 aliphatic heterocycles. The second-order valence-corrected chi connectivity index (χ2v) is 5.13. The quantitative estimate of drug-likeness (QED) is 0.783. The molecule has 3 nitrogen and oxygen atoms in total. The lowest BCUT2D eigenvalue weighted by Gasteiger charge is -2.06. The number of hydrogen-bond acceptors (Lipinski definition) is 3. The maximum absolute atomic E-state index is 11.9. The van der Waals surface area contributed by atoms with Crippen LogP contribution in [0.1, 0.15) is 5.56 Å². The zero-order valence-corrected chi connectivity index (χ0v) is 10.1. The highest BCUT2D eigenvalue weighted by atomic mass is 32.2. The van der Waals surface area contributed by atoms with Crippen molar-refractivity contribution >= 4 is 10.1 Å². The van der Waals surface area contributed by atoms with Crippen LogP contribution in [0.4, 0.5) is 0 Å². The first-order chi connectivity index (χ1) is 8.08. The van der Waals surface area contributed by atoms with Gasteiger partial charge in [0.25, 0.3) is 0 Å². The summed E-state index contributed by atoms with van der Waals surface area (Å²) in [6.07, 6.45) is 0. The number of hydrogen-bond donors (Lipinski definition) is 0. The van der Waals surface area contributed by atoms with E-state index in [1.54, 1.807) is 24.3 Å². The van der Waals surface area contributed by atoms with Gasteiger partial charge in [0, 0.05) is 0 Å². The van der Waals surface area contributed by atoms with Gasteiger partial charge < -0.3 is 4.18 Å². The predicted molar refractivity (Wildman–Crippen MR) is 64.3 cm³/mol. The summed E-state index contributed by atoms with van der Waals surface area (Å²) >= 11 is 0. The van der Waals surface area contributed by atoms with Crippen molar-refractivity contribution in [1.82, 2.24) is 0 Å². The summed E-state index contributed by atoms with van der Waals surface area (Å²) in [7, 11) is -3.75. The molecule has 87 valence electrons. The molecule has 0 amide bonds. The van der Waals surface area contributed by atoms with E-state index in [0.717, 1.165) is 5.56 Å². The van der Waals surface area contributed by atoms with Crippen LogP contribution < -0.4 is 4.18 Å². The molecule has 2 rings (SSSR count). The van der Waals surface area contributed by atoms with Gasteiger partial charge in [-0.2, -0.15) is 8.42 Å². The smallest absolute Gasteiger partial charge is 0.339 e. The lowest BCUT2D eigenvalue weighted by Crippen LogP contribution is -2.09. The maximum atomic E-state index is 11.9. The summed E-state index contributed by atoms with van der Waals surface area (Å²) in [5.41, 5.74) is 1.05. The third-order valence-electron chi connectivity index (χ3n) is 2.20. The highest BCUT2D eigenvalue weighted by Gasteiger charge is 2.15. The van der Waals surface area contributed by atoms with Crippen LogP contribution in [-0.4, -0.2) is 8.42 Å². The largest absolute Gasteiger partial charge is 0.379 e. The Bertz CT molecular complexity index is 586. The van der Waals surface area contributed by atoms with Gasteiger partial charge in [-0.25, -0.2) is 0 Å². The molecule has 0 N–H and O–H groups in total. The lowest BCUT2D eigenvalue weighted by molar-refractivity contribution is 0.486. The van der Waals surface area contributed by atoms with Crippen LogP contribution in [0.2, 0.25) is 0 Å². The average molecular weight is 247 g/mol. The Hall–Kier alpha value is -1.81. The minimum absolute atomic E-state index is 0.122. The minimum atomic E-state index is -3.75. The summed E-state index contributed by atoms with van der Waals surface area (Å²) < 4.78 is 28.7. The number of benzene rings is 2. The van der Waals surface area contributed by atoms with Gasteiger partial charge in [0.15, 0.2) is 0 Å². The second kappa shape index (κ2) is 4.59. The normalized spacial score (nSPS) is 11.1. The Kier molecular flexibility index (Phi) is 3.15. The van der Waals surface area contributed by atoms with E-state index < -0.39 is 10.1 Å². The molecule has 1 radical (unpaired) electrons. The highest BCUT2D eigenvalue weighted by molar-refractivity contribution is 7.87. The maximum Gasteiger partial charge on any atom is 0.339 e. The molecule has 0 bridgehead atoms. The van der Waals surface area contributed by atoms with Crippen LogP contribution in [0.5, 0.6) is 5.75 Å². The Morgan fingerprint density at radius 3 is 2.18 bits per heavy atom. The average Bonchev–Trinajstić information content (AvgIpc) is 2.33. The van der Waals surface area contributed by atoms with Crippen LogP contribution in [-0.2, 0) is 10.1 Å². The standard InChI is InChI=1S/C13H11O3S/c1-11-7-9-12(10-8-11)16-17(14,15)13-5-3-2-4-6-13/h3-10H,1H3. The van der Waals surface area contributed by atoms with Crippen molar-refractivity contribution in [3.8, 4) is 5.75 Å². The van der Waals surface area contributed by atoms with E-state index in [9.17, 15) is 8.42 Å². The van der Waals surface area contributed by atoms with Crippen molar-refractivity contribution in [1.29, 1.82) is 0 Å². The third-order valence-corrected chi connectivity index (χ3v) is 3.46. The van der Waals surface area contributed by atoms with Crippen molar-refractivity contribution in [3.63, 3.8) is 0 Å². The van der Waals surface area contributed by atoms with E-state index in [4.69, 9.17) is 4.18 Å². The minimum Gasteiger partial charge on any atom is -0.379 e. The predicted octanol–water partition coefficient (Wildman–Crippen LogP) is 2.56. The van der Waals surface area contributed by atoms with Gasteiger partial charge >= 0.3 is 10.1 Å². The molecule has 4 heteroatoms. The van der Waals surface area contributed by atoms with Crippen molar-refractivity contribution in [2.75, 3.05) is 0 Å². The summed E-state index contributed by atoms with van der Waals surface area (Å²) in [4.78, 5) is 0.122. The van der Waals surface area contributed by atoms with Gasteiger partial charge in [-0.3, -0.25) is 0 Å². The molecule has 0 unspecified atom stereocenters. The molecule has 0 aromatic heterocycles. The SMILES string of the molecule is Cc1ccc(OS(=O)(=O)c2cc[c]cc2)cc1. The fraction of sp³-hybridized carbons (Fsp3) is 0.0769. The van der Waals surface area contributed by atoms with E-state index >= 15 is 0 Å². The van der Waals surface area contributed by atoms with Crippen LogP contribution in [0.15, 0.2) is 53.4 Å². The van der Waals surface area contributed by atoms with E-state index in [1.807, 2.05) is 6.92 Å². The first-order valence-electron chi connectivity index (χ1n) is 5.05. The van der Waals surface area contributed by atoms with Crippen LogP contribution in [0.25, 0.3) is 0 Å². The van der Waals surface area contributed by atoms with Gasteiger partial charge in [0.2, 0.25) is 0 Å². The second-order valence-electron chi connectivity index (χ2n) is 3.59. The zero-order valence-electron chi connectivity index (χ0n) is 9.25. The molecule has 0 saturated carbocycles. The van der Waals surface area contributed by atoms with Gasteiger partial charge in [0.05, 0.1) is 0 Å². The molecule has 17 heavy (non-hydrogen) atoms. The fourth-order valence-electron chi connectivity index (χ4n) is 1.31. The van der Waals surface area contributed by atoms with E-state index in [-0.39, 0.29) is 4.90 Å². The molecule has 0 fully saturated rings. The Morgan fingerprint density at radius 2 is 1.59 bits per heavy atom. The van der Waals surface area contributed by atoms with Gasteiger partial charge in [-0.05, 0) is 37.3 Å². The third kappa shape index (κ3) is 2.85. The Balaban J connectivity index is 2.27. The number of aryl methyl sites for hydroxylation is 1. The zero-order chi connectivity index (χ0) is 12.3. The molecular formula is C13H11O3S. The number of rotatable bonds is 3. The molecule has 0 atom stereocenters. The topological polar surface area (TPSA) is 43.4 Å². The fourth-order valence-corrected chi connectivity index (χ4v) is 2.24. The monoisotopic (exact) mass is 247 g/mol. The summed E-state index contributed by atoms with van der Waals surface area (Å²) in [6, 6.07) is 15.6. The molecule has 2 aromatic rings. The van der Waals surface area contributed by atoms with Gasteiger partial charge in [-0.15, -0.1) is 0 Å². The Morgan fingerprint density at radius 1 is 1.00 bits per heavy atom. The molecule has 2 aromatic carbocycles. The van der Waals surface area contributed by atoms with Crippen molar-refractivity contribution in [2.45, 2.75) is 11.8 Å². The van der Waals surface area contributed by atoms with Crippen LogP contribution >= 0.6 is 0 Å². The Labute approximate surface area is 101 Å². The molecule has 0 aliphatic carbocycles.